The average Bonchev–Trinajstić information content (AvgIpc) is 2.67. The van der Waals surface area contributed by atoms with E-state index in [0.717, 1.165) is 19.4 Å². The van der Waals surface area contributed by atoms with Crippen LogP contribution in [0.1, 0.15) is 12.8 Å². The van der Waals surface area contributed by atoms with Crippen molar-refractivity contribution in [3.8, 4) is 5.88 Å². The van der Waals surface area contributed by atoms with Crippen molar-refractivity contribution in [3.05, 3.63) is 18.2 Å². The number of aromatic nitrogens is 1. The highest BCUT2D eigenvalue weighted by Gasteiger charge is 2.16. The molecule has 1 aliphatic heterocycles. The van der Waals surface area contributed by atoms with Crippen LogP contribution < -0.4 is 10.5 Å². The number of hydrogen-bond donors (Lipinski definition) is 1. The lowest BCUT2D eigenvalue weighted by atomic mass is 10.2. The van der Waals surface area contributed by atoms with Gasteiger partial charge in [0.15, 0.2) is 0 Å². The molecule has 76 valence electrons. The monoisotopic (exact) mass is 194 g/mol. The Bertz CT molecular complexity index is 298. The molecule has 1 aromatic rings. The summed E-state index contributed by atoms with van der Waals surface area (Å²) in [5.41, 5.74) is 5.52. The van der Waals surface area contributed by atoms with Gasteiger partial charge < -0.3 is 15.2 Å². The lowest BCUT2D eigenvalue weighted by molar-refractivity contribution is 0.0664. The molecule has 0 aromatic carbocycles. The average molecular weight is 194 g/mol. The zero-order valence-corrected chi connectivity index (χ0v) is 7.98. The quantitative estimate of drug-likeness (QED) is 0.786. The molecule has 0 spiro atoms. The van der Waals surface area contributed by atoms with E-state index in [9.17, 15) is 0 Å². The molecule has 1 atom stereocenters. The molecule has 1 saturated heterocycles. The molecule has 0 bridgehead atoms. The zero-order chi connectivity index (χ0) is 9.80. The van der Waals surface area contributed by atoms with Gasteiger partial charge in [-0.05, 0) is 18.9 Å². The van der Waals surface area contributed by atoms with Crippen molar-refractivity contribution >= 4 is 5.82 Å². The zero-order valence-electron chi connectivity index (χ0n) is 7.98. The van der Waals surface area contributed by atoms with Crippen LogP contribution in [0.25, 0.3) is 0 Å². The summed E-state index contributed by atoms with van der Waals surface area (Å²) in [5.74, 6) is 1.05. The van der Waals surface area contributed by atoms with Gasteiger partial charge in [0.1, 0.15) is 12.4 Å². The Morgan fingerprint density at radius 2 is 2.50 bits per heavy atom. The van der Waals surface area contributed by atoms with Crippen molar-refractivity contribution in [1.29, 1.82) is 0 Å². The highest BCUT2D eigenvalue weighted by molar-refractivity contribution is 5.31. The van der Waals surface area contributed by atoms with Crippen molar-refractivity contribution in [2.45, 2.75) is 18.9 Å². The second-order valence-corrected chi connectivity index (χ2v) is 3.35. The number of ether oxygens (including phenoxy) is 2. The molecular weight excluding hydrogens is 180 g/mol. The molecule has 1 aromatic heterocycles. The normalized spacial score (nSPS) is 21.0. The lowest BCUT2D eigenvalue weighted by Crippen LogP contribution is -2.16. The number of nitrogens with zero attached hydrogens (tertiary/aromatic N) is 1. The van der Waals surface area contributed by atoms with Crippen LogP contribution in [0.5, 0.6) is 5.88 Å². The van der Waals surface area contributed by atoms with E-state index in [0.29, 0.717) is 18.3 Å². The van der Waals surface area contributed by atoms with Crippen LogP contribution in [-0.4, -0.2) is 24.3 Å². The van der Waals surface area contributed by atoms with Gasteiger partial charge in [0, 0.05) is 12.7 Å². The summed E-state index contributed by atoms with van der Waals surface area (Å²) < 4.78 is 10.9. The third-order valence-corrected chi connectivity index (χ3v) is 2.19. The first kappa shape index (κ1) is 9.27. The summed E-state index contributed by atoms with van der Waals surface area (Å²) in [4.78, 5) is 4.03. The van der Waals surface area contributed by atoms with Gasteiger partial charge in [-0.3, -0.25) is 0 Å². The third-order valence-electron chi connectivity index (χ3n) is 2.19. The molecule has 0 aliphatic carbocycles. The molecule has 0 unspecified atom stereocenters. The van der Waals surface area contributed by atoms with Gasteiger partial charge >= 0.3 is 0 Å². The van der Waals surface area contributed by atoms with Crippen molar-refractivity contribution in [3.63, 3.8) is 0 Å². The molecule has 1 aliphatic rings. The molecule has 0 radical (unpaired) electrons. The molecule has 4 nitrogen and oxygen atoms in total. The number of nitrogens with two attached hydrogens (primary N) is 1. The van der Waals surface area contributed by atoms with Gasteiger partial charge in [-0.25, -0.2) is 0 Å². The van der Waals surface area contributed by atoms with E-state index in [1.54, 1.807) is 12.1 Å². The summed E-state index contributed by atoms with van der Waals surface area (Å²) >= 11 is 0. The van der Waals surface area contributed by atoms with Crippen LogP contribution in [0.15, 0.2) is 18.2 Å². The first-order valence-corrected chi connectivity index (χ1v) is 4.81. The topological polar surface area (TPSA) is 57.4 Å². The number of pyridine rings is 1. The van der Waals surface area contributed by atoms with E-state index in [4.69, 9.17) is 15.2 Å². The van der Waals surface area contributed by atoms with Crippen molar-refractivity contribution in [2.24, 2.45) is 0 Å². The highest BCUT2D eigenvalue weighted by Crippen LogP contribution is 2.14. The number of nitrogen functional groups attached to an aromatic ring is 1. The number of rotatable bonds is 3. The summed E-state index contributed by atoms with van der Waals surface area (Å²) in [6, 6.07) is 5.36. The van der Waals surface area contributed by atoms with Crippen molar-refractivity contribution < 1.29 is 9.47 Å². The predicted molar refractivity (Wildman–Crippen MR) is 53.1 cm³/mol. The van der Waals surface area contributed by atoms with Gasteiger partial charge in [-0.1, -0.05) is 6.07 Å². The van der Waals surface area contributed by atoms with Gasteiger partial charge in [0.2, 0.25) is 5.88 Å². The maximum absolute atomic E-state index is 5.52. The van der Waals surface area contributed by atoms with Crippen molar-refractivity contribution in [2.75, 3.05) is 18.9 Å². The fraction of sp³-hybridized carbons (Fsp3) is 0.500. The minimum atomic E-state index is 0.221. The maximum Gasteiger partial charge on any atom is 0.215 e. The number of hydrogen-bond acceptors (Lipinski definition) is 4. The third kappa shape index (κ3) is 2.35. The molecular formula is C10H14N2O2. The lowest BCUT2D eigenvalue weighted by Gasteiger charge is -2.10. The van der Waals surface area contributed by atoms with Crippen LogP contribution in [0.3, 0.4) is 0 Å². The summed E-state index contributed by atoms with van der Waals surface area (Å²) in [7, 11) is 0. The fourth-order valence-corrected chi connectivity index (χ4v) is 1.47. The maximum atomic E-state index is 5.52. The highest BCUT2D eigenvalue weighted by atomic mass is 16.5. The van der Waals surface area contributed by atoms with Crippen LogP contribution in [0.2, 0.25) is 0 Å². The minimum Gasteiger partial charge on any atom is -0.475 e. The second-order valence-electron chi connectivity index (χ2n) is 3.35. The van der Waals surface area contributed by atoms with Gasteiger partial charge in [-0.2, -0.15) is 4.98 Å². The van der Waals surface area contributed by atoms with E-state index in [1.165, 1.54) is 0 Å². The van der Waals surface area contributed by atoms with Crippen LogP contribution in [-0.2, 0) is 4.74 Å². The van der Waals surface area contributed by atoms with E-state index >= 15 is 0 Å². The Hall–Kier alpha value is -1.29. The molecule has 2 rings (SSSR count). The van der Waals surface area contributed by atoms with Gasteiger partial charge in [0.25, 0.3) is 0 Å². The van der Waals surface area contributed by atoms with Crippen LogP contribution in [0, 0.1) is 0 Å². The molecule has 1 fully saturated rings. The van der Waals surface area contributed by atoms with E-state index in [2.05, 4.69) is 4.98 Å². The Kier molecular flexibility index (Phi) is 2.84. The van der Waals surface area contributed by atoms with E-state index in [-0.39, 0.29) is 6.10 Å². The molecule has 4 heteroatoms. The summed E-state index contributed by atoms with van der Waals surface area (Å²) in [5, 5.41) is 0. The summed E-state index contributed by atoms with van der Waals surface area (Å²) in [6.07, 6.45) is 2.42. The second kappa shape index (κ2) is 4.28. The van der Waals surface area contributed by atoms with Crippen LogP contribution in [0.4, 0.5) is 5.82 Å². The fourth-order valence-electron chi connectivity index (χ4n) is 1.47. The van der Waals surface area contributed by atoms with Crippen molar-refractivity contribution in [1.82, 2.24) is 4.98 Å². The number of anilines is 1. The molecule has 0 amide bonds. The molecule has 2 N–H and O–H groups in total. The molecule has 0 saturated carbocycles. The Labute approximate surface area is 83.0 Å². The largest absolute Gasteiger partial charge is 0.475 e. The Morgan fingerprint density at radius 1 is 1.57 bits per heavy atom. The smallest absolute Gasteiger partial charge is 0.215 e. The van der Waals surface area contributed by atoms with E-state index < -0.39 is 0 Å². The van der Waals surface area contributed by atoms with Gasteiger partial charge in [0.05, 0.1) is 6.10 Å². The Morgan fingerprint density at radius 3 is 3.21 bits per heavy atom. The van der Waals surface area contributed by atoms with Gasteiger partial charge in [-0.15, -0.1) is 0 Å². The molecule has 2 heterocycles. The first-order valence-electron chi connectivity index (χ1n) is 4.81. The molecule has 14 heavy (non-hydrogen) atoms. The predicted octanol–water partition coefficient (Wildman–Crippen LogP) is 1.22. The van der Waals surface area contributed by atoms with E-state index in [1.807, 2.05) is 6.07 Å². The minimum absolute atomic E-state index is 0.221. The summed E-state index contributed by atoms with van der Waals surface area (Å²) in [6.45, 7) is 1.41. The van der Waals surface area contributed by atoms with Crippen LogP contribution >= 0.6 is 0 Å². The Balaban J connectivity index is 1.85. The SMILES string of the molecule is Nc1cccc(OC[C@@H]2CCCO2)n1. The standard InChI is InChI=1S/C10H14N2O2/c11-9-4-1-5-10(12-9)14-7-8-3-2-6-13-8/h1,4-5,8H,2-3,6-7H2,(H2,11,12)/t8-/m0/s1. The first-order chi connectivity index (χ1) is 6.84.